The van der Waals surface area contributed by atoms with Gasteiger partial charge in [-0.05, 0) is 0 Å². The third-order valence-corrected chi connectivity index (χ3v) is 1.36. The van der Waals surface area contributed by atoms with Crippen molar-refractivity contribution in [3.8, 4) is 5.75 Å². The molecule has 2 radical (unpaired) electrons. The Morgan fingerprint density at radius 1 is 1.58 bits per heavy atom. The molecular formula is C7H6B2FNO. The molecule has 0 aliphatic rings. The third kappa shape index (κ3) is 1.94. The number of hydrogen-bond donors (Lipinski definition) is 0. The summed E-state index contributed by atoms with van der Waals surface area (Å²) in [5.41, 5.74) is 0.468. The summed E-state index contributed by atoms with van der Waals surface area (Å²) in [5.74, 6) is -0.244. The minimum atomic E-state index is -0.444. The van der Waals surface area contributed by atoms with Crippen LogP contribution in [0.2, 0.25) is 0 Å². The zero-order valence-corrected chi connectivity index (χ0v) is 6.62. The molecule has 0 aliphatic heterocycles. The molecule has 58 valence electrons. The number of benzene rings is 1. The molecule has 0 aromatic heterocycles. The van der Waals surface area contributed by atoms with Crippen molar-refractivity contribution in [1.29, 1.82) is 0 Å². The van der Waals surface area contributed by atoms with Gasteiger partial charge in [-0.3, -0.25) is 0 Å². The topological polar surface area (TPSA) is 21.6 Å². The molecule has 0 bridgehead atoms. The van der Waals surface area contributed by atoms with Crippen molar-refractivity contribution in [2.75, 3.05) is 7.11 Å². The predicted molar refractivity (Wildman–Crippen MR) is 46.5 cm³/mol. The summed E-state index contributed by atoms with van der Waals surface area (Å²) in [4.78, 5) is 3.70. The van der Waals surface area contributed by atoms with Crippen molar-refractivity contribution in [1.82, 2.24) is 0 Å². The number of methoxy groups -OCH3 is 1. The van der Waals surface area contributed by atoms with Crippen LogP contribution in [-0.2, 0) is 0 Å². The quantitative estimate of drug-likeness (QED) is 0.601. The van der Waals surface area contributed by atoms with Gasteiger partial charge in [0.2, 0.25) is 0 Å². The summed E-state index contributed by atoms with van der Waals surface area (Å²) < 4.78 is 17.7. The number of rotatable bonds is 2. The van der Waals surface area contributed by atoms with Crippen LogP contribution in [0.3, 0.4) is 0 Å². The summed E-state index contributed by atoms with van der Waals surface area (Å²) in [6, 6.07) is 4.37. The molecule has 0 saturated carbocycles. The molecule has 0 saturated heterocycles. The fraction of sp³-hybridized carbons (Fsp3) is 0.143. The standard InChI is InChI=1S/C7H6B2FNO/c1-12-7-3-2-5(11-9-8)4-6(7)10/h2-4H,1H3. The van der Waals surface area contributed by atoms with Crippen LogP contribution < -0.4 is 4.74 Å². The molecule has 0 unspecified atom stereocenters. The van der Waals surface area contributed by atoms with E-state index in [4.69, 9.17) is 12.5 Å². The van der Waals surface area contributed by atoms with E-state index < -0.39 is 5.82 Å². The Bertz CT molecular complexity index is 303. The molecule has 0 aliphatic carbocycles. The van der Waals surface area contributed by atoms with E-state index in [0.29, 0.717) is 5.69 Å². The molecule has 0 atom stereocenters. The third-order valence-electron chi connectivity index (χ3n) is 1.36. The van der Waals surface area contributed by atoms with Gasteiger partial charge in [-0.1, -0.05) is 0 Å². The second kappa shape index (κ2) is 4.04. The normalized spacial score (nSPS) is 9.83. The van der Waals surface area contributed by atoms with Crippen molar-refractivity contribution in [3.63, 3.8) is 0 Å². The van der Waals surface area contributed by atoms with Crippen molar-refractivity contribution in [2.24, 2.45) is 4.90 Å². The first-order chi connectivity index (χ1) is 5.77. The van der Waals surface area contributed by atoms with E-state index in [1.54, 1.807) is 6.07 Å². The van der Waals surface area contributed by atoms with Crippen molar-refractivity contribution < 1.29 is 9.13 Å². The van der Waals surface area contributed by atoms with Gasteiger partial charge in [-0.25, -0.2) is 0 Å². The first kappa shape index (κ1) is 8.97. The molecule has 12 heavy (non-hydrogen) atoms. The van der Waals surface area contributed by atoms with E-state index in [2.05, 4.69) is 4.90 Å². The van der Waals surface area contributed by atoms with Gasteiger partial charge >= 0.3 is 71.3 Å². The maximum absolute atomic E-state index is 12.9. The second-order valence-electron chi connectivity index (χ2n) is 2.10. The number of hydrogen-bond acceptors (Lipinski definition) is 2. The van der Waals surface area contributed by atoms with Gasteiger partial charge in [-0.2, -0.15) is 0 Å². The summed E-state index contributed by atoms with van der Waals surface area (Å²) in [5, 5.41) is 0. The number of ether oxygens (including phenoxy) is 1. The molecule has 0 spiro atoms. The van der Waals surface area contributed by atoms with Crippen molar-refractivity contribution in [3.05, 3.63) is 24.0 Å². The van der Waals surface area contributed by atoms with E-state index in [1.165, 1.54) is 19.2 Å². The zero-order valence-electron chi connectivity index (χ0n) is 6.62. The molecule has 5 heteroatoms. The van der Waals surface area contributed by atoms with Gasteiger partial charge in [0.05, 0.1) is 0 Å². The Morgan fingerprint density at radius 3 is 2.83 bits per heavy atom. The van der Waals surface area contributed by atoms with Crippen molar-refractivity contribution >= 4 is 20.4 Å². The van der Waals surface area contributed by atoms with Crippen LogP contribution in [0, 0.1) is 5.82 Å². The molecule has 0 N–H and O–H groups in total. The fourth-order valence-electron chi connectivity index (χ4n) is 0.822. The van der Waals surface area contributed by atoms with Crippen LogP contribution in [0.25, 0.3) is 0 Å². The SMILES string of the molecule is [B]B=Nc1ccc(OC)c(F)c1. The van der Waals surface area contributed by atoms with E-state index in [9.17, 15) is 4.39 Å². The molecular weight excluding hydrogens is 155 g/mol. The van der Waals surface area contributed by atoms with Gasteiger partial charge in [-0.15, -0.1) is 0 Å². The summed E-state index contributed by atoms with van der Waals surface area (Å²) in [7, 11) is 6.44. The minimum absolute atomic E-state index is 0.200. The molecule has 0 amide bonds. The molecule has 0 fully saturated rings. The molecule has 1 aromatic rings. The molecule has 1 aromatic carbocycles. The van der Waals surface area contributed by atoms with E-state index in [0.717, 1.165) is 6.96 Å². The summed E-state index contributed by atoms with van der Waals surface area (Å²) in [6.07, 6.45) is 0. The Kier molecular flexibility index (Phi) is 3.02. The van der Waals surface area contributed by atoms with Crippen LogP contribution in [0.5, 0.6) is 5.75 Å². The summed E-state index contributed by atoms with van der Waals surface area (Å²) in [6.45, 7) is 1.11. The van der Waals surface area contributed by atoms with Gasteiger partial charge < -0.3 is 0 Å². The monoisotopic (exact) mass is 161 g/mol. The van der Waals surface area contributed by atoms with Crippen LogP contribution in [-0.4, -0.2) is 21.8 Å². The first-order valence-electron chi connectivity index (χ1n) is 3.35. The van der Waals surface area contributed by atoms with Gasteiger partial charge in [0.1, 0.15) is 0 Å². The van der Waals surface area contributed by atoms with Crippen LogP contribution in [0.15, 0.2) is 23.1 Å². The Balaban J connectivity index is 3.01. The zero-order chi connectivity index (χ0) is 8.97. The average Bonchev–Trinajstić information content (AvgIpc) is 2.05. The molecule has 0 heterocycles. The Morgan fingerprint density at radius 2 is 2.33 bits per heavy atom. The Hall–Kier alpha value is -1.12. The van der Waals surface area contributed by atoms with E-state index in [-0.39, 0.29) is 5.75 Å². The first-order valence-corrected chi connectivity index (χ1v) is 3.35. The van der Waals surface area contributed by atoms with Crippen molar-refractivity contribution in [2.45, 2.75) is 0 Å². The van der Waals surface area contributed by atoms with Crippen LogP contribution in [0.4, 0.5) is 10.1 Å². The maximum atomic E-state index is 12.9. The summed E-state index contributed by atoms with van der Waals surface area (Å²) >= 11 is 0. The van der Waals surface area contributed by atoms with Crippen LogP contribution in [0.1, 0.15) is 0 Å². The van der Waals surface area contributed by atoms with Gasteiger partial charge in [0.15, 0.2) is 0 Å². The van der Waals surface area contributed by atoms with Gasteiger partial charge in [0.25, 0.3) is 0 Å². The molecule has 1 rings (SSSR count). The Labute approximate surface area is 72.1 Å². The number of halogens is 1. The molecule has 2 nitrogen and oxygen atoms in total. The number of nitrogens with zero attached hydrogens (tertiary/aromatic N) is 1. The second-order valence-corrected chi connectivity index (χ2v) is 2.10. The van der Waals surface area contributed by atoms with Gasteiger partial charge in [0, 0.05) is 0 Å². The van der Waals surface area contributed by atoms with E-state index >= 15 is 0 Å². The fourth-order valence-corrected chi connectivity index (χ4v) is 0.822. The van der Waals surface area contributed by atoms with Crippen LogP contribution >= 0.6 is 0 Å². The van der Waals surface area contributed by atoms with E-state index in [1.807, 2.05) is 0 Å². The predicted octanol–water partition coefficient (Wildman–Crippen LogP) is 1.44. The average molecular weight is 161 g/mol.